The molecule has 0 N–H and O–H groups in total. The maximum Gasteiger partial charge on any atom is 0.337 e. The van der Waals surface area contributed by atoms with Crippen LogP contribution in [0.2, 0.25) is 5.02 Å². The number of halogens is 1. The van der Waals surface area contributed by atoms with Crippen LogP contribution >= 0.6 is 11.6 Å². The molecule has 1 aliphatic carbocycles. The lowest BCUT2D eigenvalue weighted by Crippen LogP contribution is -2.58. The van der Waals surface area contributed by atoms with Gasteiger partial charge in [0.15, 0.2) is 0 Å². The number of carbonyl (C=O) groups excluding carboxylic acids is 1. The fourth-order valence-electron chi connectivity index (χ4n) is 6.53. The first kappa shape index (κ1) is 24.5. The molecule has 0 unspecified atom stereocenters. The Labute approximate surface area is 231 Å². The van der Waals surface area contributed by atoms with Gasteiger partial charge in [0, 0.05) is 42.4 Å². The van der Waals surface area contributed by atoms with Gasteiger partial charge in [0.2, 0.25) is 0 Å². The van der Waals surface area contributed by atoms with Crippen molar-refractivity contribution in [2.24, 2.45) is 5.41 Å². The Kier molecular flexibility index (Phi) is 5.65. The number of nitrogens with zero attached hydrogens (tertiary/aromatic N) is 3. The largest absolute Gasteiger partial charge is 0.465 e. The van der Waals surface area contributed by atoms with E-state index in [1.807, 2.05) is 53.1 Å². The molecule has 1 spiro atoms. The average molecular weight is 544 g/mol. The van der Waals surface area contributed by atoms with Gasteiger partial charge in [-0.3, -0.25) is 9.13 Å². The summed E-state index contributed by atoms with van der Waals surface area (Å²) >= 11 is 6.43. The van der Waals surface area contributed by atoms with Crippen molar-refractivity contribution in [3.8, 4) is 5.69 Å². The molecule has 7 rings (SSSR count). The topological polar surface area (TPSA) is 65.7 Å². The summed E-state index contributed by atoms with van der Waals surface area (Å²) in [5.41, 5.74) is 4.71. The molecule has 200 valence electrons. The second-order valence-electron chi connectivity index (χ2n) is 11.2. The van der Waals surface area contributed by atoms with Crippen LogP contribution in [-0.4, -0.2) is 48.5 Å². The van der Waals surface area contributed by atoms with Gasteiger partial charge >= 0.3 is 11.7 Å². The molecule has 0 atom stereocenters. The number of esters is 1. The fraction of sp³-hybridized carbons (Fsp3) is 0.355. The Morgan fingerprint density at radius 1 is 0.897 bits per heavy atom. The quantitative estimate of drug-likeness (QED) is 0.316. The number of anilines is 1. The first-order valence-electron chi connectivity index (χ1n) is 13.5. The molecule has 0 radical (unpaired) electrons. The van der Waals surface area contributed by atoms with Crippen LogP contribution in [0.3, 0.4) is 0 Å². The Morgan fingerprint density at radius 3 is 2.31 bits per heavy atom. The van der Waals surface area contributed by atoms with E-state index in [0.29, 0.717) is 16.0 Å². The highest BCUT2D eigenvalue weighted by molar-refractivity contribution is 6.31. The van der Waals surface area contributed by atoms with Crippen LogP contribution in [0, 0.1) is 5.41 Å². The molecule has 3 aromatic carbocycles. The van der Waals surface area contributed by atoms with Crippen molar-refractivity contribution in [3.63, 3.8) is 0 Å². The van der Waals surface area contributed by atoms with E-state index in [1.54, 1.807) is 10.6 Å². The molecular formula is C31H30ClN3O4. The van der Waals surface area contributed by atoms with Gasteiger partial charge in [0.05, 0.1) is 34.9 Å². The second kappa shape index (κ2) is 9.00. The van der Waals surface area contributed by atoms with Gasteiger partial charge in [0.25, 0.3) is 0 Å². The summed E-state index contributed by atoms with van der Waals surface area (Å²) in [5, 5.41) is 0.574. The standard InChI is InChI=1S/C31H30ClN3O4/c1-38-28(36)21-3-2-4-22(17-21)31(11-12-31)35-26-10-5-23(32)18-27(26)34(29(35)37)25-8-6-24(7-9-25)33-19-30(20-33)13-15-39-16-14-30/h2-10,17-18H,11-16,19-20H2,1H3. The van der Waals surface area contributed by atoms with Crippen molar-refractivity contribution >= 4 is 34.3 Å². The number of ether oxygens (including phenoxy) is 2. The maximum atomic E-state index is 14.2. The Bertz CT molecular complexity index is 1640. The molecule has 2 aliphatic heterocycles. The van der Waals surface area contributed by atoms with Gasteiger partial charge in [-0.05, 0) is 85.8 Å². The molecule has 8 heteroatoms. The molecule has 0 bridgehead atoms. The van der Waals surface area contributed by atoms with Crippen molar-refractivity contribution in [3.05, 3.63) is 93.4 Å². The van der Waals surface area contributed by atoms with Crippen molar-refractivity contribution in [1.82, 2.24) is 9.13 Å². The van der Waals surface area contributed by atoms with Crippen LogP contribution in [0.15, 0.2) is 71.5 Å². The number of hydrogen-bond donors (Lipinski definition) is 0. The number of rotatable bonds is 5. The lowest BCUT2D eigenvalue weighted by atomic mass is 9.73. The highest BCUT2D eigenvalue weighted by atomic mass is 35.5. The number of carbonyl (C=O) groups is 1. The fourth-order valence-corrected chi connectivity index (χ4v) is 6.69. The zero-order valence-electron chi connectivity index (χ0n) is 21.9. The molecule has 3 fully saturated rings. The summed E-state index contributed by atoms with van der Waals surface area (Å²) in [6.07, 6.45) is 3.86. The summed E-state index contributed by atoms with van der Waals surface area (Å²) in [4.78, 5) is 28.8. The first-order valence-corrected chi connectivity index (χ1v) is 13.9. The minimum Gasteiger partial charge on any atom is -0.465 e. The molecule has 4 aromatic rings. The van der Waals surface area contributed by atoms with Crippen molar-refractivity contribution in [2.75, 3.05) is 38.3 Å². The predicted octanol–water partition coefficient (Wildman–Crippen LogP) is 5.39. The van der Waals surface area contributed by atoms with Gasteiger partial charge in [-0.1, -0.05) is 23.7 Å². The number of methoxy groups -OCH3 is 1. The third kappa shape index (κ3) is 3.90. The summed E-state index contributed by atoms with van der Waals surface area (Å²) in [7, 11) is 1.38. The Morgan fingerprint density at radius 2 is 1.62 bits per heavy atom. The molecule has 2 saturated heterocycles. The van der Waals surface area contributed by atoms with Gasteiger partial charge in [-0.2, -0.15) is 0 Å². The van der Waals surface area contributed by atoms with Crippen LogP contribution < -0.4 is 10.6 Å². The lowest BCUT2D eigenvalue weighted by molar-refractivity contribution is -0.000192. The van der Waals surface area contributed by atoms with Gasteiger partial charge in [0.1, 0.15) is 0 Å². The minimum absolute atomic E-state index is 0.119. The van der Waals surface area contributed by atoms with Gasteiger partial charge < -0.3 is 14.4 Å². The monoisotopic (exact) mass is 543 g/mol. The SMILES string of the molecule is COC(=O)c1cccc(C2(n3c(=O)n(-c4ccc(N5CC6(CCOCC6)C5)cc4)c4cc(Cl)ccc43)CC2)c1. The van der Waals surface area contributed by atoms with E-state index in [-0.39, 0.29) is 11.7 Å². The molecule has 1 aromatic heterocycles. The predicted molar refractivity (Wildman–Crippen MR) is 151 cm³/mol. The van der Waals surface area contributed by atoms with E-state index in [4.69, 9.17) is 21.1 Å². The lowest BCUT2D eigenvalue weighted by Gasteiger charge is -2.53. The zero-order valence-corrected chi connectivity index (χ0v) is 22.6. The van der Waals surface area contributed by atoms with Gasteiger partial charge in [-0.25, -0.2) is 9.59 Å². The summed E-state index contributed by atoms with van der Waals surface area (Å²) in [5.74, 6) is -0.390. The summed E-state index contributed by atoms with van der Waals surface area (Å²) in [6.45, 7) is 3.82. The van der Waals surface area contributed by atoms with Crippen molar-refractivity contribution in [2.45, 2.75) is 31.2 Å². The van der Waals surface area contributed by atoms with Crippen LogP contribution in [0.5, 0.6) is 0 Å². The molecule has 1 saturated carbocycles. The summed E-state index contributed by atoms with van der Waals surface area (Å²) in [6, 6.07) is 21.3. The smallest absolute Gasteiger partial charge is 0.337 e. The highest BCUT2D eigenvalue weighted by Crippen LogP contribution is 2.50. The third-order valence-electron chi connectivity index (χ3n) is 8.85. The summed E-state index contributed by atoms with van der Waals surface area (Å²) < 4.78 is 14.1. The van der Waals surface area contributed by atoms with E-state index in [2.05, 4.69) is 17.0 Å². The van der Waals surface area contributed by atoms with Crippen LogP contribution in [0.4, 0.5) is 5.69 Å². The Hall–Kier alpha value is -3.55. The van der Waals surface area contributed by atoms with E-state index in [1.165, 1.54) is 12.8 Å². The average Bonchev–Trinajstić information content (AvgIpc) is 3.70. The number of imidazole rings is 1. The molecule has 7 nitrogen and oxygen atoms in total. The van der Waals surface area contributed by atoms with E-state index in [9.17, 15) is 9.59 Å². The molecule has 3 aliphatic rings. The van der Waals surface area contributed by atoms with Crippen molar-refractivity contribution < 1.29 is 14.3 Å². The van der Waals surface area contributed by atoms with Crippen LogP contribution in [-0.2, 0) is 15.0 Å². The van der Waals surface area contributed by atoms with E-state index >= 15 is 0 Å². The minimum atomic E-state index is -0.520. The van der Waals surface area contributed by atoms with Crippen molar-refractivity contribution in [1.29, 1.82) is 0 Å². The second-order valence-corrected chi connectivity index (χ2v) is 11.6. The van der Waals surface area contributed by atoms with E-state index < -0.39 is 5.54 Å². The highest BCUT2D eigenvalue weighted by Gasteiger charge is 2.49. The normalized spacial score (nSPS) is 19.2. The Balaban J connectivity index is 1.28. The zero-order chi connectivity index (χ0) is 26.8. The molecule has 39 heavy (non-hydrogen) atoms. The number of fused-ring (bicyclic) bond motifs is 1. The van der Waals surface area contributed by atoms with Gasteiger partial charge in [-0.15, -0.1) is 0 Å². The number of benzene rings is 3. The number of aromatic nitrogens is 2. The van der Waals surface area contributed by atoms with Crippen LogP contribution in [0.25, 0.3) is 16.7 Å². The number of hydrogen-bond acceptors (Lipinski definition) is 5. The molecular weight excluding hydrogens is 514 g/mol. The molecule has 0 amide bonds. The van der Waals surface area contributed by atoms with E-state index in [0.717, 1.165) is 74.3 Å². The molecule has 3 heterocycles. The maximum absolute atomic E-state index is 14.2. The first-order chi connectivity index (χ1) is 18.9. The third-order valence-corrected chi connectivity index (χ3v) is 9.09. The van der Waals surface area contributed by atoms with Crippen LogP contribution in [0.1, 0.15) is 41.6 Å².